The molecule has 4 aliphatic carbocycles. The van der Waals surface area contributed by atoms with Gasteiger partial charge in [0.15, 0.2) is 10.9 Å². The Labute approximate surface area is 248 Å². The molecule has 1 aromatic carbocycles. The number of methoxy groups -OCH3 is 1. The Morgan fingerprint density at radius 3 is 2.36 bits per heavy atom. The molecule has 3 aromatic rings. The summed E-state index contributed by atoms with van der Waals surface area (Å²) in [6, 6.07) is 3.90. The van der Waals surface area contributed by atoms with Gasteiger partial charge in [-0.2, -0.15) is 0 Å². The average Bonchev–Trinajstić information content (AvgIpc) is 3.47. The van der Waals surface area contributed by atoms with Crippen molar-refractivity contribution >= 4 is 38.6 Å². The number of hydrogen-bond donors (Lipinski definition) is 1. The molecule has 9 rings (SSSR count). The molecule has 0 amide bonds. The second kappa shape index (κ2) is 9.51. The second-order valence-corrected chi connectivity index (χ2v) is 14.5. The van der Waals surface area contributed by atoms with E-state index in [9.17, 15) is 14.7 Å². The first-order chi connectivity index (χ1) is 20.3. The van der Waals surface area contributed by atoms with E-state index in [1.807, 2.05) is 14.0 Å². The molecule has 1 unspecified atom stereocenters. The molecule has 10 heteroatoms. The summed E-state index contributed by atoms with van der Waals surface area (Å²) >= 11 is 1.56. The zero-order valence-corrected chi connectivity index (χ0v) is 25.0. The number of fused-ring (bicyclic) bond motifs is 6. The number of thiazole rings is 1. The van der Waals surface area contributed by atoms with Crippen LogP contribution in [0.2, 0.25) is 0 Å². The SMILES string of the molecule is COC12CCC(c3noc(C4CC4)c3C(=O)OC3C[C@H]4CC[C@@H](C3)N4c3nc4c(C)cc(C(=O)O)cc4s3)(CC1)CC2. The standard InChI is InChI=1S/C32H37N3O6S/c1-17-13-19(28(36)37)14-23-25(17)33-30(42-23)35-20-5-6-21(35)16-22(15-20)40-29(38)24-26(18-3-4-18)41-34-27(24)31-7-10-32(39-2,11-8-31)12-9-31/h13-14,18,20-22H,3-12,15-16H2,1-2H3,(H,36,37)/t20-,21+,22?,31?,32?. The summed E-state index contributed by atoms with van der Waals surface area (Å²) in [7, 11) is 1.83. The van der Waals surface area contributed by atoms with Gasteiger partial charge in [-0.05, 0) is 88.8 Å². The number of carbonyl (C=O) groups excluding carboxylic acids is 1. The Balaban J connectivity index is 1.03. The van der Waals surface area contributed by atoms with Crippen LogP contribution in [0.4, 0.5) is 5.13 Å². The van der Waals surface area contributed by atoms with Gasteiger partial charge in [-0.15, -0.1) is 0 Å². The molecule has 4 heterocycles. The molecule has 4 saturated carbocycles. The number of rotatable bonds is 7. The highest BCUT2D eigenvalue weighted by molar-refractivity contribution is 7.22. The zero-order valence-electron chi connectivity index (χ0n) is 24.2. The highest BCUT2D eigenvalue weighted by atomic mass is 32.1. The van der Waals surface area contributed by atoms with E-state index in [0.717, 1.165) is 109 Å². The third-order valence-corrected chi connectivity index (χ3v) is 12.1. The van der Waals surface area contributed by atoms with Crippen LogP contribution in [0.15, 0.2) is 16.7 Å². The normalized spacial score (nSPS) is 32.0. The van der Waals surface area contributed by atoms with Crippen LogP contribution in [0.5, 0.6) is 0 Å². The van der Waals surface area contributed by atoms with Gasteiger partial charge in [0.05, 0.1) is 21.4 Å². The summed E-state index contributed by atoms with van der Waals surface area (Å²) < 4.78 is 19.1. The molecule has 6 fully saturated rings. The van der Waals surface area contributed by atoms with Crippen molar-refractivity contribution in [2.24, 2.45) is 0 Å². The minimum atomic E-state index is -0.923. The number of nitrogens with zero attached hydrogens (tertiary/aromatic N) is 3. The van der Waals surface area contributed by atoms with E-state index in [1.54, 1.807) is 23.5 Å². The van der Waals surface area contributed by atoms with Crippen molar-refractivity contribution in [3.8, 4) is 0 Å². The number of carboxylic acids is 1. The Morgan fingerprint density at radius 1 is 1.05 bits per heavy atom. The number of carbonyl (C=O) groups is 2. The summed E-state index contributed by atoms with van der Waals surface area (Å²) in [6.45, 7) is 1.92. The topological polar surface area (TPSA) is 115 Å². The summed E-state index contributed by atoms with van der Waals surface area (Å²) in [4.78, 5) is 32.9. The number of ether oxygens (including phenoxy) is 2. The molecule has 3 atom stereocenters. The van der Waals surface area contributed by atoms with Gasteiger partial charge < -0.3 is 24.0 Å². The van der Waals surface area contributed by atoms with Crippen LogP contribution in [-0.2, 0) is 14.9 Å². The van der Waals surface area contributed by atoms with Crippen molar-refractivity contribution in [3.05, 3.63) is 40.3 Å². The number of aryl methyl sites for hydroxylation is 1. The van der Waals surface area contributed by atoms with Crippen molar-refractivity contribution in [1.29, 1.82) is 0 Å². The number of esters is 1. The smallest absolute Gasteiger partial charge is 0.344 e. The van der Waals surface area contributed by atoms with Gasteiger partial charge >= 0.3 is 11.9 Å². The first kappa shape index (κ1) is 26.6. The molecule has 42 heavy (non-hydrogen) atoms. The fourth-order valence-corrected chi connectivity index (χ4v) is 9.69. The van der Waals surface area contributed by atoms with E-state index in [4.69, 9.17) is 19.0 Å². The van der Waals surface area contributed by atoms with Crippen LogP contribution in [0, 0.1) is 6.92 Å². The number of benzene rings is 1. The lowest BCUT2D eigenvalue weighted by atomic mass is 9.57. The minimum Gasteiger partial charge on any atom is -0.478 e. The van der Waals surface area contributed by atoms with Crippen molar-refractivity contribution < 1.29 is 28.7 Å². The molecule has 9 nitrogen and oxygen atoms in total. The lowest BCUT2D eigenvalue weighted by molar-refractivity contribution is -0.0967. The molecular formula is C32H37N3O6S. The maximum absolute atomic E-state index is 14.0. The molecule has 222 valence electrons. The van der Waals surface area contributed by atoms with E-state index in [-0.39, 0.29) is 41.1 Å². The zero-order chi connectivity index (χ0) is 28.8. The maximum atomic E-state index is 14.0. The molecule has 2 aliphatic heterocycles. The fraction of sp³-hybridized carbons (Fsp3) is 0.625. The van der Waals surface area contributed by atoms with Gasteiger partial charge in [0, 0.05) is 43.4 Å². The highest BCUT2D eigenvalue weighted by Gasteiger charge is 2.54. The summed E-state index contributed by atoms with van der Waals surface area (Å²) in [5.41, 5.74) is 3.36. The van der Waals surface area contributed by atoms with Gasteiger partial charge in [-0.25, -0.2) is 14.6 Å². The molecule has 0 radical (unpaired) electrons. The van der Waals surface area contributed by atoms with Crippen molar-refractivity contribution in [1.82, 2.24) is 10.1 Å². The first-order valence-corrected chi connectivity index (χ1v) is 16.3. The second-order valence-electron chi connectivity index (χ2n) is 13.4. The number of carboxylic acid groups (broad SMARTS) is 1. The van der Waals surface area contributed by atoms with Crippen molar-refractivity contribution in [3.63, 3.8) is 0 Å². The molecular weight excluding hydrogens is 554 g/mol. The van der Waals surface area contributed by atoms with Crippen molar-refractivity contribution in [2.75, 3.05) is 12.0 Å². The minimum absolute atomic E-state index is 0.0146. The largest absolute Gasteiger partial charge is 0.478 e. The average molecular weight is 592 g/mol. The predicted octanol–water partition coefficient (Wildman–Crippen LogP) is 6.52. The van der Waals surface area contributed by atoms with E-state index in [0.29, 0.717) is 11.1 Å². The first-order valence-electron chi connectivity index (χ1n) is 15.5. The number of aromatic carboxylic acids is 1. The number of piperidine rings is 1. The van der Waals surface area contributed by atoms with Gasteiger partial charge in [-0.1, -0.05) is 16.5 Å². The van der Waals surface area contributed by atoms with E-state index >= 15 is 0 Å². The highest BCUT2D eigenvalue weighted by Crippen LogP contribution is 2.56. The van der Waals surface area contributed by atoms with Crippen LogP contribution in [0.1, 0.15) is 121 Å². The van der Waals surface area contributed by atoms with Crippen LogP contribution in [0.25, 0.3) is 10.2 Å². The monoisotopic (exact) mass is 591 g/mol. The van der Waals surface area contributed by atoms with E-state index < -0.39 is 5.97 Å². The fourth-order valence-electron chi connectivity index (χ4n) is 8.46. The molecule has 0 spiro atoms. The summed E-state index contributed by atoms with van der Waals surface area (Å²) in [5.74, 6) is -0.165. The summed E-state index contributed by atoms with van der Waals surface area (Å²) in [5, 5.41) is 15.0. The molecule has 6 aliphatic rings. The van der Waals surface area contributed by atoms with E-state index in [2.05, 4.69) is 10.1 Å². The van der Waals surface area contributed by atoms with Crippen LogP contribution in [0.3, 0.4) is 0 Å². The third kappa shape index (κ3) is 4.12. The Bertz CT molecular complexity index is 1550. The van der Waals surface area contributed by atoms with Gasteiger partial charge in [0.25, 0.3) is 0 Å². The van der Waals surface area contributed by atoms with Crippen molar-refractivity contribution in [2.45, 2.75) is 119 Å². The lowest BCUT2D eigenvalue weighted by Crippen LogP contribution is -2.50. The number of hydrogen-bond acceptors (Lipinski definition) is 9. The molecule has 1 N–H and O–H groups in total. The van der Waals surface area contributed by atoms with Crippen LogP contribution < -0.4 is 4.90 Å². The maximum Gasteiger partial charge on any atom is 0.344 e. The molecule has 4 bridgehead atoms. The Hall–Kier alpha value is -2.98. The van der Waals surface area contributed by atoms with Crippen LogP contribution >= 0.6 is 11.3 Å². The van der Waals surface area contributed by atoms with Gasteiger partial charge in [0.2, 0.25) is 0 Å². The summed E-state index contributed by atoms with van der Waals surface area (Å²) in [6.07, 6.45) is 11.4. The number of aromatic nitrogens is 2. The third-order valence-electron chi connectivity index (χ3n) is 11.1. The van der Waals surface area contributed by atoms with Gasteiger partial charge in [0.1, 0.15) is 17.4 Å². The lowest BCUT2D eigenvalue weighted by Gasteiger charge is -2.52. The molecule has 2 aromatic heterocycles. The Morgan fingerprint density at radius 2 is 1.74 bits per heavy atom. The number of anilines is 1. The quantitative estimate of drug-likeness (QED) is 0.307. The van der Waals surface area contributed by atoms with Gasteiger partial charge in [-0.3, -0.25) is 0 Å². The predicted molar refractivity (Wildman–Crippen MR) is 157 cm³/mol. The molecule has 2 saturated heterocycles. The van der Waals surface area contributed by atoms with Crippen LogP contribution in [-0.4, -0.2) is 58.1 Å². The Kier molecular flexibility index (Phi) is 6.03. The van der Waals surface area contributed by atoms with E-state index in [1.165, 1.54) is 0 Å².